The van der Waals surface area contributed by atoms with Gasteiger partial charge < -0.3 is 0 Å². The van der Waals surface area contributed by atoms with Gasteiger partial charge in [0.05, 0.1) is 17.2 Å². The normalized spacial score (nSPS) is 13.8. The summed E-state index contributed by atoms with van der Waals surface area (Å²) in [6, 6.07) is 2.10. The van der Waals surface area contributed by atoms with E-state index in [1.54, 1.807) is 15.9 Å². The number of nitrogens with zero attached hydrogens (tertiary/aromatic N) is 3. The number of hydrogen-bond donors (Lipinski definition) is 0. The molecule has 0 saturated carbocycles. The van der Waals surface area contributed by atoms with Gasteiger partial charge in [0.25, 0.3) is 5.56 Å². The van der Waals surface area contributed by atoms with Crippen molar-refractivity contribution in [3.8, 4) is 6.07 Å². The fraction of sp³-hybridized carbons (Fsp3) is 0.438. The molecule has 1 aliphatic carbocycles. The minimum atomic E-state index is 0.0211. The summed E-state index contributed by atoms with van der Waals surface area (Å²) in [6.45, 7) is 6.27. The third-order valence-electron chi connectivity index (χ3n) is 3.73. The first-order valence-corrected chi connectivity index (χ1v) is 9.11. The molecule has 0 spiro atoms. The first kappa shape index (κ1) is 15.3. The van der Waals surface area contributed by atoms with E-state index in [1.807, 2.05) is 6.92 Å². The summed E-state index contributed by atoms with van der Waals surface area (Å²) < 4.78 is 1.67. The molecule has 0 atom stereocenters. The van der Waals surface area contributed by atoms with Crippen LogP contribution in [0.15, 0.2) is 22.1 Å². The van der Waals surface area contributed by atoms with Gasteiger partial charge >= 0.3 is 0 Å². The van der Waals surface area contributed by atoms with Crippen LogP contribution in [0.2, 0.25) is 0 Å². The molecule has 2 heterocycles. The molecule has 0 bridgehead atoms. The zero-order valence-electron chi connectivity index (χ0n) is 12.5. The van der Waals surface area contributed by atoms with Crippen molar-refractivity contribution in [3.05, 3.63) is 32.9 Å². The van der Waals surface area contributed by atoms with Crippen LogP contribution in [-0.4, -0.2) is 15.3 Å². The Morgan fingerprint density at radius 2 is 2.27 bits per heavy atom. The minimum absolute atomic E-state index is 0.0211. The largest absolute Gasteiger partial charge is 0.283 e. The number of fused-ring (bicyclic) bond motifs is 3. The summed E-state index contributed by atoms with van der Waals surface area (Å²) in [5, 5.41) is 10.2. The van der Waals surface area contributed by atoms with Crippen LogP contribution in [-0.2, 0) is 19.4 Å². The number of allylic oxidation sites excluding steroid dienone is 1. The van der Waals surface area contributed by atoms with Crippen molar-refractivity contribution < 1.29 is 0 Å². The summed E-state index contributed by atoms with van der Waals surface area (Å²) >= 11 is 2.97. The van der Waals surface area contributed by atoms with E-state index in [9.17, 15) is 4.79 Å². The van der Waals surface area contributed by atoms with Gasteiger partial charge in [0, 0.05) is 11.4 Å². The lowest BCUT2D eigenvalue weighted by Crippen LogP contribution is -2.24. The predicted molar refractivity (Wildman–Crippen MR) is 91.7 cm³/mol. The van der Waals surface area contributed by atoms with Gasteiger partial charge in [-0.2, -0.15) is 5.26 Å². The molecule has 0 N–H and O–H groups in total. The lowest BCUT2D eigenvalue weighted by Gasteiger charge is -2.12. The number of rotatable bonds is 4. The maximum Gasteiger partial charge on any atom is 0.263 e. The van der Waals surface area contributed by atoms with Gasteiger partial charge in [-0.1, -0.05) is 23.9 Å². The molecule has 2 aromatic heterocycles. The Morgan fingerprint density at radius 1 is 1.50 bits per heavy atom. The summed E-state index contributed by atoms with van der Waals surface area (Å²) in [5.41, 5.74) is 2.13. The van der Waals surface area contributed by atoms with Crippen molar-refractivity contribution in [1.29, 1.82) is 5.26 Å². The molecular weight excluding hydrogens is 314 g/mol. The number of aromatic nitrogens is 2. The van der Waals surface area contributed by atoms with Crippen LogP contribution in [0.1, 0.15) is 30.2 Å². The fourth-order valence-electron chi connectivity index (χ4n) is 2.84. The van der Waals surface area contributed by atoms with Gasteiger partial charge in [-0.15, -0.1) is 11.3 Å². The Morgan fingerprint density at radius 3 is 3.00 bits per heavy atom. The molecule has 0 aliphatic heterocycles. The number of hydrogen-bond acceptors (Lipinski definition) is 5. The summed E-state index contributed by atoms with van der Waals surface area (Å²) in [7, 11) is 0. The average molecular weight is 331 g/mol. The zero-order chi connectivity index (χ0) is 15.7. The number of thioether (sulfide) groups is 1. The Bertz CT molecular complexity index is 842. The van der Waals surface area contributed by atoms with Crippen LogP contribution in [0.4, 0.5) is 0 Å². The molecule has 0 radical (unpaired) electrons. The van der Waals surface area contributed by atoms with Gasteiger partial charge in [-0.05, 0) is 38.2 Å². The third-order valence-corrected chi connectivity index (χ3v) is 5.76. The Labute approximate surface area is 137 Å². The SMILES string of the molecule is C=C(C)Cn1c(SCC#N)nc2sc3c(c2c1=O)CCCC3. The van der Waals surface area contributed by atoms with Crippen LogP contribution in [0.3, 0.4) is 0 Å². The molecule has 4 nitrogen and oxygen atoms in total. The van der Waals surface area contributed by atoms with Crippen molar-refractivity contribution >= 4 is 33.3 Å². The number of thiophene rings is 1. The third kappa shape index (κ3) is 2.71. The second kappa shape index (κ2) is 6.27. The van der Waals surface area contributed by atoms with Crippen molar-refractivity contribution in [2.75, 3.05) is 5.75 Å². The predicted octanol–water partition coefficient (Wildman–Crippen LogP) is 3.53. The van der Waals surface area contributed by atoms with E-state index < -0.39 is 0 Å². The highest BCUT2D eigenvalue weighted by atomic mass is 32.2. The monoisotopic (exact) mass is 331 g/mol. The highest BCUT2D eigenvalue weighted by Crippen LogP contribution is 2.34. The van der Waals surface area contributed by atoms with Crippen LogP contribution in [0.25, 0.3) is 10.2 Å². The maximum absolute atomic E-state index is 13.0. The fourth-order valence-corrected chi connectivity index (χ4v) is 4.80. The second-order valence-corrected chi connectivity index (χ2v) is 7.61. The first-order valence-electron chi connectivity index (χ1n) is 7.31. The van der Waals surface area contributed by atoms with Crippen LogP contribution in [0, 0.1) is 11.3 Å². The van der Waals surface area contributed by atoms with Crippen molar-refractivity contribution in [1.82, 2.24) is 9.55 Å². The average Bonchev–Trinajstić information content (AvgIpc) is 2.86. The highest BCUT2D eigenvalue weighted by molar-refractivity contribution is 7.99. The summed E-state index contributed by atoms with van der Waals surface area (Å²) in [4.78, 5) is 19.8. The van der Waals surface area contributed by atoms with E-state index in [-0.39, 0.29) is 5.56 Å². The molecular formula is C16H17N3OS2. The standard InChI is InChI=1S/C16H17N3OS2/c1-10(2)9-19-15(20)13-11-5-3-4-6-12(11)22-14(13)18-16(19)21-8-7-17/h1,3-6,8-9H2,2H3. The van der Waals surface area contributed by atoms with E-state index in [1.165, 1.54) is 28.6 Å². The zero-order valence-corrected chi connectivity index (χ0v) is 14.1. The van der Waals surface area contributed by atoms with Gasteiger partial charge in [-0.3, -0.25) is 9.36 Å². The van der Waals surface area contributed by atoms with Crippen LogP contribution in [0.5, 0.6) is 0 Å². The number of aryl methyl sites for hydroxylation is 2. The summed E-state index contributed by atoms with van der Waals surface area (Å²) in [5.74, 6) is 0.291. The lowest BCUT2D eigenvalue weighted by atomic mass is 9.97. The van der Waals surface area contributed by atoms with Gasteiger partial charge in [0.2, 0.25) is 0 Å². The van der Waals surface area contributed by atoms with Crippen LogP contribution >= 0.6 is 23.1 Å². The molecule has 0 saturated heterocycles. The molecule has 0 unspecified atom stereocenters. The van der Waals surface area contributed by atoms with E-state index in [0.717, 1.165) is 35.1 Å². The Hall–Kier alpha value is -1.58. The highest BCUT2D eigenvalue weighted by Gasteiger charge is 2.22. The number of nitriles is 1. The van der Waals surface area contributed by atoms with E-state index in [4.69, 9.17) is 5.26 Å². The Kier molecular flexibility index (Phi) is 4.37. The quantitative estimate of drug-likeness (QED) is 0.488. The molecule has 114 valence electrons. The Balaban J connectivity index is 2.23. The maximum atomic E-state index is 13.0. The molecule has 6 heteroatoms. The summed E-state index contributed by atoms with van der Waals surface area (Å²) in [6.07, 6.45) is 4.36. The van der Waals surface area contributed by atoms with E-state index in [2.05, 4.69) is 17.6 Å². The van der Waals surface area contributed by atoms with Crippen molar-refractivity contribution in [3.63, 3.8) is 0 Å². The van der Waals surface area contributed by atoms with E-state index in [0.29, 0.717) is 17.5 Å². The topological polar surface area (TPSA) is 58.7 Å². The molecule has 1 aliphatic rings. The van der Waals surface area contributed by atoms with Gasteiger partial charge in [0.1, 0.15) is 4.83 Å². The molecule has 0 fully saturated rings. The van der Waals surface area contributed by atoms with Crippen molar-refractivity contribution in [2.24, 2.45) is 0 Å². The second-order valence-electron chi connectivity index (χ2n) is 5.58. The minimum Gasteiger partial charge on any atom is -0.283 e. The molecule has 22 heavy (non-hydrogen) atoms. The lowest BCUT2D eigenvalue weighted by molar-refractivity contribution is 0.650. The molecule has 0 aromatic carbocycles. The van der Waals surface area contributed by atoms with Crippen LogP contribution < -0.4 is 5.56 Å². The molecule has 0 amide bonds. The van der Waals surface area contributed by atoms with E-state index >= 15 is 0 Å². The first-order chi connectivity index (χ1) is 10.6. The van der Waals surface area contributed by atoms with Gasteiger partial charge in [0.15, 0.2) is 5.16 Å². The smallest absolute Gasteiger partial charge is 0.263 e. The van der Waals surface area contributed by atoms with Crippen molar-refractivity contribution in [2.45, 2.75) is 44.3 Å². The molecule has 3 rings (SSSR count). The van der Waals surface area contributed by atoms with Gasteiger partial charge in [-0.25, -0.2) is 4.98 Å². The molecule has 2 aromatic rings.